The van der Waals surface area contributed by atoms with Gasteiger partial charge in [0, 0.05) is 11.1 Å². The number of hydrogen-bond donors (Lipinski definition) is 2. The third-order valence-electron chi connectivity index (χ3n) is 5.57. The van der Waals surface area contributed by atoms with E-state index in [1.807, 2.05) is 69.3 Å². The van der Waals surface area contributed by atoms with Gasteiger partial charge in [-0.15, -0.1) is 0 Å². The van der Waals surface area contributed by atoms with E-state index in [0.29, 0.717) is 34.8 Å². The van der Waals surface area contributed by atoms with Crippen molar-refractivity contribution in [1.82, 2.24) is 0 Å². The summed E-state index contributed by atoms with van der Waals surface area (Å²) in [5.74, 6) is 0.0899. The minimum absolute atomic E-state index is 0.0429. The molecule has 0 amide bonds. The van der Waals surface area contributed by atoms with Gasteiger partial charge in [0.2, 0.25) is 0 Å². The molecule has 0 aliphatic rings. The van der Waals surface area contributed by atoms with E-state index in [1.165, 1.54) is 11.1 Å². The molecule has 0 fully saturated rings. The Kier molecular flexibility index (Phi) is 7.42. The minimum Gasteiger partial charge on any atom is -0.507 e. The molecule has 4 heteroatoms. The number of hydrogen-bond acceptors (Lipinski definition) is 4. The van der Waals surface area contributed by atoms with Gasteiger partial charge in [0.15, 0.2) is 12.6 Å². The molecule has 0 unspecified atom stereocenters. The lowest BCUT2D eigenvalue weighted by atomic mass is 9.98. The second kappa shape index (κ2) is 10.4. The van der Waals surface area contributed by atoms with Crippen molar-refractivity contribution < 1.29 is 19.8 Å². The van der Waals surface area contributed by atoms with Gasteiger partial charge < -0.3 is 10.2 Å². The molecular weight excluding hydrogens is 412 g/mol. The molecule has 0 aliphatic carbocycles. The monoisotopic (exact) mass is 438 g/mol. The van der Waals surface area contributed by atoms with Crippen LogP contribution in [0.15, 0.2) is 78.9 Å². The van der Waals surface area contributed by atoms with Gasteiger partial charge in [-0.05, 0) is 55.2 Å². The summed E-state index contributed by atoms with van der Waals surface area (Å²) >= 11 is 0. The van der Waals surface area contributed by atoms with Crippen LogP contribution in [0.2, 0.25) is 0 Å². The SMILES string of the molecule is Cc1ccc(-c2cccc(C=O)c2O)cc1.Cc1ccc(-c2cccc(C=O)c2O)cc1C. The quantitative estimate of drug-likeness (QED) is 0.349. The van der Waals surface area contributed by atoms with Crippen LogP contribution in [-0.4, -0.2) is 22.8 Å². The molecule has 0 saturated heterocycles. The molecular formula is C29H26O4. The van der Waals surface area contributed by atoms with E-state index in [9.17, 15) is 19.8 Å². The molecule has 166 valence electrons. The highest BCUT2D eigenvalue weighted by molar-refractivity contribution is 5.86. The topological polar surface area (TPSA) is 74.6 Å². The number of aromatic hydroxyl groups is 2. The van der Waals surface area contributed by atoms with Crippen LogP contribution in [0.25, 0.3) is 22.3 Å². The lowest BCUT2D eigenvalue weighted by Gasteiger charge is -2.08. The fourth-order valence-electron chi connectivity index (χ4n) is 3.42. The Bertz CT molecular complexity index is 1290. The zero-order chi connectivity index (χ0) is 24.0. The van der Waals surface area contributed by atoms with Crippen molar-refractivity contribution in [3.8, 4) is 33.8 Å². The van der Waals surface area contributed by atoms with Crippen LogP contribution >= 0.6 is 0 Å². The van der Waals surface area contributed by atoms with Crippen LogP contribution in [0, 0.1) is 20.8 Å². The molecule has 33 heavy (non-hydrogen) atoms. The largest absolute Gasteiger partial charge is 0.507 e. The molecule has 0 spiro atoms. The summed E-state index contributed by atoms with van der Waals surface area (Å²) in [7, 11) is 0. The third-order valence-corrected chi connectivity index (χ3v) is 5.57. The number of carbonyl (C=O) groups is 2. The minimum atomic E-state index is 0.0429. The second-order valence-corrected chi connectivity index (χ2v) is 7.89. The van der Waals surface area contributed by atoms with Crippen LogP contribution in [-0.2, 0) is 0 Å². The highest BCUT2D eigenvalue weighted by Crippen LogP contribution is 2.33. The summed E-state index contributed by atoms with van der Waals surface area (Å²) in [5, 5.41) is 19.9. The third kappa shape index (κ3) is 5.36. The van der Waals surface area contributed by atoms with Gasteiger partial charge in [-0.25, -0.2) is 0 Å². The summed E-state index contributed by atoms with van der Waals surface area (Å²) in [6.45, 7) is 6.08. The Labute approximate surface area is 193 Å². The molecule has 0 bridgehead atoms. The molecule has 4 rings (SSSR count). The molecule has 0 radical (unpaired) electrons. The molecule has 0 heterocycles. The smallest absolute Gasteiger partial charge is 0.153 e. The first-order valence-electron chi connectivity index (χ1n) is 10.5. The van der Waals surface area contributed by atoms with Crippen molar-refractivity contribution >= 4 is 12.6 Å². The van der Waals surface area contributed by atoms with Gasteiger partial charge in [0.25, 0.3) is 0 Å². The van der Waals surface area contributed by atoms with Crippen molar-refractivity contribution in [2.45, 2.75) is 20.8 Å². The van der Waals surface area contributed by atoms with E-state index in [4.69, 9.17) is 0 Å². The summed E-state index contributed by atoms with van der Waals surface area (Å²) in [5.41, 5.74) is 7.38. The summed E-state index contributed by atoms with van der Waals surface area (Å²) in [6.07, 6.45) is 1.33. The zero-order valence-corrected chi connectivity index (χ0v) is 18.9. The number of aryl methyl sites for hydroxylation is 3. The maximum absolute atomic E-state index is 10.8. The van der Waals surface area contributed by atoms with Crippen LogP contribution in [0.3, 0.4) is 0 Å². The molecule has 0 atom stereocenters. The molecule has 0 saturated carbocycles. The van der Waals surface area contributed by atoms with E-state index >= 15 is 0 Å². The van der Waals surface area contributed by atoms with Crippen molar-refractivity contribution in [1.29, 1.82) is 0 Å². The lowest BCUT2D eigenvalue weighted by molar-refractivity contribution is 0.111. The van der Waals surface area contributed by atoms with E-state index in [0.717, 1.165) is 16.7 Å². The number of rotatable bonds is 4. The number of benzene rings is 4. The summed E-state index contributed by atoms with van der Waals surface area (Å²) in [4.78, 5) is 21.5. The molecule has 4 nitrogen and oxygen atoms in total. The van der Waals surface area contributed by atoms with Gasteiger partial charge in [0.05, 0.1) is 11.1 Å². The molecule has 4 aromatic rings. The highest BCUT2D eigenvalue weighted by atomic mass is 16.3. The predicted octanol–water partition coefficient (Wildman–Crippen LogP) is 6.67. The van der Waals surface area contributed by atoms with Crippen molar-refractivity contribution in [3.05, 3.63) is 107 Å². The predicted molar refractivity (Wildman–Crippen MR) is 132 cm³/mol. The highest BCUT2D eigenvalue weighted by Gasteiger charge is 2.09. The summed E-state index contributed by atoms with van der Waals surface area (Å²) < 4.78 is 0. The van der Waals surface area contributed by atoms with Crippen molar-refractivity contribution in [3.63, 3.8) is 0 Å². The zero-order valence-electron chi connectivity index (χ0n) is 18.9. The van der Waals surface area contributed by atoms with Crippen LogP contribution < -0.4 is 0 Å². The second-order valence-electron chi connectivity index (χ2n) is 7.89. The van der Waals surface area contributed by atoms with Crippen molar-refractivity contribution in [2.75, 3.05) is 0 Å². The van der Waals surface area contributed by atoms with E-state index in [2.05, 4.69) is 0 Å². The van der Waals surface area contributed by atoms with Gasteiger partial charge in [0.1, 0.15) is 11.5 Å². The average molecular weight is 439 g/mol. The Morgan fingerprint density at radius 1 is 0.576 bits per heavy atom. The van der Waals surface area contributed by atoms with Crippen LogP contribution in [0.5, 0.6) is 11.5 Å². The van der Waals surface area contributed by atoms with Gasteiger partial charge in [-0.1, -0.05) is 72.3 Å². The maximum Gasteiger partial charge on any atom is 0.153 e. The molecule has 0 aromatic heterocycles. The number of phenolic OH excluding ortho intramolecular Hbond substituents is 2. The Morgan fingerprint density at radius 3 is 1.55 bits per heavy atom. The first-order valence-corrected chi connectivity index (χ1v) is 10.5. The normalized spacial score (nSPS) is 10.2. The van der Waals surface area contributed by atoms with Crippen molar-refractivity contribution in [2.24, 2.45) is 0 Å². The molecule has 4 aromatic carbocycles. The standard InChI is InChI=1S/C15H14O2.C14H12O2/c1-10-6-7-12(8-11(10)2)14-5-3-4-13(9-16)15(14)17;1-10-5-7-11(8-6-10)13-4-2-3-12(9-15)14(13)16/h3-9,17H,1-2H3;2-9,16H,1H3. The van der Waals surface area contributed by atoms with Gasteiger partial charge in [-0.3, -0.25) is 9.59 Å². The lowest BCUT2D eigenvalue weighted by Crippen LogP contribution is -1.87. The Morgan fingerprint density at radius 2 is 1.06 bits per heavy atom. The molecule has 0 aliphatic heterocycles. The number of aldehydes is 2. The Hall–Kier alpha value is -4.18. The number of phenols is 2. The fourth-order valence-corrected chi connectivity index (χ4v) is 3.42. The average Bonchev–Trinajstić information content (AvgIpc) is 2.82. The maximum atomic E-state index is 10.8. The van der Waals surface area contributed by atoms with E-state index in [-0.39, 0.29) is 11.5 Å². The molecule has 2 N–H and O–H groups in total. The van der Waals surface area contributed by atoms with E-state index < -0.39 is 0 Å². The number of carbonyl (C=O) groups excluding carboxylic acids is 2. The van der Waals surface area contributed by atoms with Crippen LogP contribution in [0.4, 0.5) is 0 Å². The van der Waals surface area contributed by atoms with E-state index in [1.54, 1.807) is 30.3 Å². The van der Waals surface area contributed by atoms with Gasteiger partial charge in [-0.2, -0.15) is 0 Å². The summed E-state index contributed by atoms with van der Waals surface area (Å²) in [6, 6.07) is 24.1. The van der Waals surface area contributed by atoms with Gasteiger partial charge >= 0.3 is 0 Å². The van der Waals surface area contributed by atoms with Crippen LogP contribution in [0.1, 0.15) is 37.4 Å². The first-order chi connectivity index (χ1) is 15.8. The number of para-hydroxylation sites is 2. The Balaban J connectivity index is 0.000000186. The fraction of sp³-hybridized carbons (Fsp3) is 0.103. The first kappa shape index (κ1) is 23.5.